The minimum Gasteiger partial charge on any atom is -0.385 e. The van der Waals surface area contributed by atoms with Crippen molar-refractivity contribution in [3.05, 3.63) is 35.9 Å². The van der Waals surface area contributed by atoms with E-state index in [2.05, 4.69) is 10.6 Å². The Hall–Kier alpha value is -1.88. The van der Waals surface area contributed by atoms with E-state index in [1.165, 1.54) is 0 Å². The Morgan fingerprint density at radius 2 is 1.68 bits per heavy atom. The lowest BCUT2D eigenvalue weighted by atomic mass is 9.81. The maximum absolute atomic E-state index is 12.5. The fraction of sp³-hybridized carbons (Fsp3) is 0.600. The predicted molar refractivity (Wildman–Crippen MR) is 98.0 cm³/mol. The molecule has 5 nitrogen and oxygen atoms in total. The molecule has 0 aliphatic heterocycles. The lowest BCUT2D eigenvalue weighted by Crippen LogP contribution is -2.38. The average Bonchev–Trinajstić information content (AvgIpc) is 2.66. The minimum atomic E-state index is 0.00973. The van der Waals surface area contributed by atoms with Crippen LogP contribution in [0.5, 0.6) is 0 Å². The molecular formula is C20H30N2O3. The summed E-state index contributed by atoms with van der Waals surface area (Å²) in [5.41, 5.74) is 1.11. The number of hydrogen-bond acceptors (Lipinski definition) is 3. The molecule has 0 bridgehead atoms. The predicted octanol–water partition coefficient (Wildman–Crippen LogP) is 2.82. The maximum Gasteiger partial charge on any atom is 0.223 e. The minimum absolute atomic E-state index is 0.00973. The Bertz CT molecular complexity index is 539. The van der Waals surface area contributed by atoms with Crippen LogP contribution in [0, 0.1) is 11.8 Å². The first-order valence-corrected chi connectivity index (χ1v) is 9.23. The van der Waals surface area contributed by atoms with Crippen molar-refractivity contribution in [3.63, 3.8) is 0 Å². The fourth-order valence-electron chi connectivity index (χ4n) is 3.35. The lowest BCUT2D eigenvalue weighted by Gasteiger charge is -2.28. The summed E-state index contributed by atoms with van der Waals surface area (Å²) in [5, 5.41) is 6.07. The molecular weight excluding hydrogens is 316 g/mol. The van der Waals surface area contributed by atoms with Crippen molar-refractivity contribution in [2.45, 2.75) is 45.1 Å². The van der Waals surface area contributed by atoms with E-state index < -0.39 is 0 Å². The first kappa shape index (κ1) is 19.4. The highest BCUT2D eigenvalue weighted by Crippen LogP contribution is 2.29. The smallest absolute Gasteiger partial charge is 0.223 e. The second kappa shape index (κ2) is 10.2. The van der Waals surface area contributed by atoms with Crippen LogP contribution in [-0.4, -0.2) is 32.1 Å². The SMILES string of the molecule is COCCCNC(=O)C1CCC(C(=O)NC(C)c2ccccc2)CC1. The molecule has 0 saturated heterocycles. The Morgan fingerprint density at radius 3 is 2.28 bits per heavy atom. The van der Waals surface area contributed by atoms with E-state index in [9.17, 15) is 9.59 Å². The Balaban J connectivity index is 1.72. The highest BCUT2D eigenvalue weighted by atomic mass is 16.5. The van der Waals surface area contributed by atoms with Gasteiger partial charge >= 0.3 is 0 Å². The molecule has 138 valence electrons. The summed E-state index contributed by atoms with van der Waals surface area (Å²) in [6, 6.07) is 9.99. The summed E-state index contributed by atoms with van der Waals surface area (Å²) in [4.78, 5) is 24.6. The van der Waals surface area contributed by atoms with Crippen LogP contribution in [0.2, 0.25) is 0 Å². The van der Waals surface area contributed by atoms with Crippen molar-refractivity contribution in [3.8, 4) is 0 Å². The molecule has 0 spiro atoms. The van der Waals surface area contributed by atoms with Gasteiger partial charge in [-0.1, -0.05) is 30.3 Å². The number of carbonyl (C=O) groups is 2. The quantitative estimate of drug-likeness (QED) is 0.711. The molecule has 0 heterocycles. The van der Waals surface area contributed by atoms with Crippen molar-refractivity contribution in [2.24, 2.45) is 11.8 Å². The summed E-state index contributed by atoms with van der Waals surface area (Å²) < 4.78 is 4.98. The van der Waals surface area contributed by atoms with E-state index in [0.29, 0.717) is 13.2 Å². The number of ether oxygens (including phenoxy) is 1. The summed E-state index contributed by atoms with van der Waals surface area (Å²) in [5.74, 6) is 0.282. The highest BCUT2D eigenvalue weighted by Gasteiger charge is 2.30. The number of carbonyl (C=O) groups excluding carboxylic acids is 2. The Kier molecular flexibility index (Phi) is 7.92. The van der Waals surface area contributed by atoms with Crippen LogP contribution in [0.15, 0.2) is 30.3 Å². The maximum atomic E-state index is 12.5. The number of rotatable bonds is 8. The third kappa shape index (κ3) is 6.16. The molecule has 2 amide bonds. The van der Waals surface area contributed by atoms with Gasteiger partial charge < -0.3 is 15.4 Å². The second-order valence-corrected chi connectivity index (χ2v) is 6.83. The van der Waals surface area contributed by atoms with Crippen LogP contribution < -0.4 is 10.6 Å². The van der Waals surface area contributed by atoms with E-state index >= 15 is 0 Å². The number of amides is 2. The van der Waals surface area contributed by atoms with Crippen LogP contribution >= 0.6 is 0 Å². The molecule has 0 radical (unpaired) electrons. The van der Waals surface area contributed by atoms with Crippen LogP contribution in [0.1, 0.15) is 50.6 Å². The second-order valence-electron chi connectivity index (χ2n) is 6.83. The molecule has 1 aliphatic carbocycles. The molecule has 2 rings (SSSR count). The fourth-order valence-corrected chi connectivity index (χ4v) is 3.35. The van der Waals surface area contributed by atoms with E-state index in [4.69, 9.17) is 4.74 Å². The van der Waals surface area contributed by atoms with Crippen molar-refractivity contribution in [2.75, 3.05) is 20.3 Å². The summed E-state index contributed by atoms with van der Waals surface area (Å²) in [6.07, 6.45) is 3.96. The number of hydrogen-bond donors (Lipinski definition) is 2. The summed E-state index contributed by atoms with van der Waals surface area (Å²) in [7, 11) is 1.66. The van der Waals surface area contributed by atoms with Crippen LogP contribution in [0.3, 0.4) is 0 Å². The Labute approximate surface area is 150 Å². The Morgan fingerprint density at radius 1 is 1.08 bits per heavy atom. The number of benzene rings is 1. The van der Waals surface area contributed by atoms with E-state index in [1.807, 2.05) is 37.3 Å². The zero-order chi connectivity index (χ0) is 18.1. The number of methoxy groups -OCH3 is 1. The van der Waals surface area contributed by atoms with Crippen molar-refractivity contribution in [1.29, 1.82) is 0 Å². The summed E-state index contributed by atoms with van der Waals surface area (Å²) in [6.45, 7) is 3.32. The monoisotopic (exact) mass is 346 g/mol. The molecule has 0 aromatic heterocycles. The normalized spacial score (nSPS) is 21.4. The van der Waals surface area contributed by atoms with E-state index in [-0.39, 0.29) is 29.7 Å². The summed E-state index contributed by atoms with van der Waals surface area (Å²) >= 11 is 0. The van der Waals surface area contributed by atoms with Gasteiger partial charge in [-0.05, 0) is 44.6 Å². The van der Waals surface area contributed by atoms with Gasteiger partial charge in [0, 0.05) is 32.1 Å². The first-order valence-electron chi connectivity index (χ1n) is 9.23. The molecule has 1 unspecified atom stereocenters. The van der Waals surface area contributed by atoms with Crippen LogP contribution in [0.4, 0.5) is 0 Å². The third-order valence-electron chi connectivity index (χ3n) is 4.95. The molecule has 1 aliphatic rings. The van der Waals surface area contributed by atoms with Gasteiger partial charge in [0.1, 0.15) is 0 Å². The van der Waals surface area contributed by atoms with Gasteiger partial charge in [-0.25, -0.2) is 0 Å². The molecule has 1 aromatic rings. The standard InChI is InChI=1S/C20H30N2O3/c1-15(16-7-4-3-5-8-16)22-20(24)18-11-9-17(10-12-18)19(23)21-13-6-14-25-2/h3-5,7-8,15,17-18H,6,9-14H2,1-2H3,(H,21,23)(H,22,24). The van der Waals surface area contributed by atoms with Crippen molar-refractivity contribution in [1.82, 2.24) is 10.6 Å². The van der Waals surface area contributed by atoms with Crippen LogP contribution in [-0.2, 0) is 14.3 Å². The first-order chi connectivity index (χ1) is 12.1. The molecule has 2 N–H and O–H groups in total. The highest BCUT2D eigenvalue weighted by molar-refractivity contribution is 5.81. The van der Waals surface area contributed by atoms with Gasteiger partial charge in [0.05, 0.1) is 6.04 Å². The zero-order valence-corrected chi connectivity index (χ0v) is 15.3. The van der Waals surface area contributed by atoms with Gasteiger partial charge in [-0.2, -0.15) is 0 Å². The molecule has 1 aromatic carbocycles. The molecule has 25 heavy (non-hydrogen) atoms. The van der Waals surface area contributed by atoms with Gasteiger partial charge in [-0.3, -0.25) is 9.59 Å². The van der Waals surface area contributed by atoms with Crippen molar-refractivity contribution < 1.29 is 14.3 Å². The van der Waals surface area contributed by atoms with Gasteiger partial charge in [0.15, 0.2) is 0 Å². The van der Waals surface area contributed by atoms with Gasteiger partial charge in [0.25, 0.3) is 0 Å². The lowest BCUT2D eigenvalue weighted by molar-refractivity contribution is -0.130. The molecule has 5 heteroatoms. The van der Waals surface area contributed by atoms with E-state index in [1.54, 1.807) is 7.11 Å². The zero-order valence-electron chi connectivity index (χ0n) is 15.3. The molecule has 1 saturated carbocycles. The van der Waals surface area contributed by atoms with Crippen LogP contribution in [0.25, 0.3) is 0 Å². The molecule has 1 fully saturated rings. The van der Waals surface area contributed by atoms with Gasteiger partial charge in [0.2, 0.25) is 11.8 Å². The van der Waals surface area contributed by atoms with E-state index in [0.717, 1.165) is 37.7 Å². The van der Waals surface area contributed by atoms with Crippen molar-refractivity contribution >= 4 is 11.8 Å². The topological polar surface area (TPSA) is 67.4 Å². The largest absolute Gasteiger partial charge is 0.385 e. The molecule has 1 atom stereocenters. The third-order valence-corrected chi connectivity index (χ3v) is 4.95. The number of nitrogens with one attached hydrogen (secondary N) is 2. The van der Waals surface area contributed by atoms with Gasteiger partial charge in [-0.15, -0.1) is 0 Å². The average molecular weight is 346 g/mol.